The topological polar surface area (TPSA) is 58.5 Å². The minimum Gasteiger partial charge on any atom is -0.349 e. The van der Waals surface area contributed by atoms with Crippen molar-refractivity contribution in [1.29, 1.82) is 0 Å². The van der Waals surface area contributed by atoms with E-state index in [0.29, 0.717) is 33.0 Å². The Morgan fingerprint density at radius 1 is 1.12 bits per heavy atom. The summed E-state index contributed by atoms with van der Waals surface area (Å²) in [6, 6.07) is 8.99. The van der Waals surface area contributed by atoms with Crippen LogP contribution in [0.4, 0.5) is 4.39 Å². The van der Waals surface area contributed by atoms with Crippen molar-refractivity contribution in [2.45, 2.75) is 25.3 Å². The monoisotopic (exact) mass is 356 g/mol. The molecule has 2 aliphatic rings. The van der Waals surface area contributed by atoms with E-state index < -0.39 is 11.7 Å². The van der Waals surface area contributed by atoms with Crippen molar-refractivity contribution in [1.82, 2.24) is 5.32 Å². The molecule has 1 fully saturated rings. The number of hydrogen-bond donors (Lipinski definition) is 1. The maximum Gasteiger partial charge on any atom is 0.278 e. The number of nitrogens with one attached hydrogen (secondary N) is 1. The molecule has 0 spiro atoms. The summed E-state index contributed by atoms with van der Waals surface area (Å²) in [5.74, 6) is -1.11. The van der Waals surface area contributed by atoms with Crippen LogP contribution in [0.2, 0.25) is 5.02 Å². The average molecular weight is 357 g/mol. The fourth-order valence-corrected chi connectivity index (χ4v) is 3.20. The molecule has 0 unspecified atom stereocenters. The van der Waals surface area contributed by atoms with Gasteiger partial charge in [-0.05, 0) is 49.6 Å². The van der Waals surface area contributed by atoms with Gasteiger partial charge in [-0.15, -0.1) is 0 Å². The van der Waals surface area contributed by atoms with Gasteiger partial charge in [0.15, 0.2) is 0 Å². The van der Waals surface area contributed by atoms with Crippen LogP contribution >= 0.6 is 11.6 Å². The zero-order valence-corrected chi connectivity index (χ0v) is 13.9. The second-order valence-corrected chi connectivity index (χ2v) is 6.66. The van der Waals surface area contributed by atoms with Crippen molar-refractivity contribution in [2.24, 2.45) is 4.99 Å². The second kappa shape index (κ2) is 6.08. The number of benzene rings is 2. The summed E-state index contributed by atoms with van der Waals surface area (Å²) >= 11 is 6.13. The van der Waals surface area contributed by atoms with Gasteiger partial charge in [-0.1, -0.05) is 17.7 Å². The minimum absolute atomic E-state index is 0.197. The summed E-state index contributed by atoms with van der Waals surface area (Å²) in [5.41, 5.74) is 1.99. The molecular formula is C19H14ClFN2O2. The molecule has 2 amide bonds. The highest BCUT2D eigenvalue weighted by molar-refractivity contribution is 6.38. The highest BCUT2D eigenvalue weighted by Crippen LogP contribution is 2.28. The maximum atomic E-state index is 13.6. The van der Waals surface area contributed by atoms with Crippen LogP contribution in [0, 0.1) is 5.82 Å². The largest absolute Gasteiger partial charge is 0.349 e. The number of aliphatic imine (C=N–C) groups is 1. The van der Waals surface area contributed by atoms with Gasteiger partial charge in [0, 0.05) is 22.7 Å². The second-order valence-electron chi connectivity index (χ2n) is 6.25. The molecule has 1 N–H and O–H groups in total. The SMILES string of the molecule is O=C(NC1CCC1)c1ccc2c(c1)C(=O)N=C2c1cc(F)ccc1Cl. The molecule has 0 aromatic heterocycles. The van der Waals surface area contributed by atoms with Gasteiger partial charge >= 0.3 is 0 Å². The molecule has 0 atom stereocenters. The van der Waals surface area contributed by atoms with Crippen LogP contribution in [-0.4, -0.2) is 23.6 Å². The fourth-order valence-electron chi connectivity index (χ4n) is 3.00. The van der Waals surface area contributed by atoms with Crippen LogP contribution in [0.25, 0.3) is 0 Å². The first-order valence-corrected chi connectivity index (χ1v) is 8.44. The van der Waals surface area contributed by atoms with E-state index in [1.165, 1.54) is 24.3 Å². The third kappa shape index (κ3) is 2.85. The number of carbonyl (C=O) groups is 2. The number of halogens is 2. The van der Waals surface area contributed by atoms with Crippen LogP contribution in [0.1, 0.15) is 51.1 Å². The molecule has 4 rings (SSSR count). The first-order valence-electron chi connectivity index (χ1n) is 8.06. The van der Waals surface area contributed by atoms with Gasteiger partial charge < -0.3 is 5.32 Å². The van der Waals surface area contributed by atoms with Crippen molar-refractivity contribution in [3.05, 3.63) is 69.5 Å². The van der Waals surface area contributed by atoms with Crippen molar-refractivity contribution in [3.63, 3.8) is 0 Å². The van der Waals surface area contributed by atoms with Crippen molar-refractivity contribution >= 4 is 29.1 Å². The Kier molecular flexibility index (Phi) is 3.88. The standard InChI is InChI=1S/C19H14ClFN2O2/c20-16-7-5-11(21)9-15(16)17-13-6-4-10(8-14(13)19(25)23-17)18(24)22-12-2-1-3-12/h4-9,12H,1-3H2,(H,22,24). The van der Waals surface area contributed by atoms with E-state index in [1.54, 1.807) is 12.1 Å². The molecule has 1 heterocycles. The van der Waals surface area contributed by atoms with Gasteiger partial charge in [-0.2, -0.15) is 0 Å². The van der Waals surface area contributed by atoms with Crippen molar-refractivity contribution in [2.75, 3.05) is 0 Å². The normalized spacial score (nSPS) is 16.2. The van der Waals surface area contributed by atoms with Gasteiger partial charge in [-0.25, -0.2) is 9.38 Å². The van der Waals surface area contributed by atoms with Gasteiger partial charge in [0.2, 0.25) is 0 Å². The molecule has 2 aromatic rings. The molecule has 6 heteroatoms. The Hall–Kier alpha value is -2.53. The van der Waals surface area contributed by atoms with Crippen LogP contribution in [-0.2, 0) is 0 Å². The molecule has 1 aliphatic heterocycles. The lowest BCUT2D eigenvalue weighted by molar-refractivity contribution is 0.0917. The predicted octanol–water partition coefficient (Wildman–Crippen LogP) is 3.75. The fraction of sp³-hybridized carbons (Fsp3) is 0.211. The number of hydrogen-bond acceptors (Lipinski definition) is 2. The minimum atomic E-state index is -0.459. The van der Waals surface area contributed by atoms with Crippen LogP contribution in [0.3, 0.4) is 0 Å². The zero-order chi connectivity index (χ0) is 17.6. The van der Waals surface area contributed by atoms with Gasteiger partial charge in [0.05, 0.1) is 16.3 Å². The quantitative estimate of drug-likeness (QED) is 0.910. The first kappa shape index (κ1) is 16.0. The Bertz CT molecular complexity index is 935. The lowest BCUT2D eigenvalue weighted by Crippen LogP contribution is -2.39. The van der Waals surface area contributed by atoms with Gasteiger partial charge in [-0.3, -0.25) is 9.59 Å². The van der Waals surface area contributed by atoms with E-state index in [-0.39, 0.29) is 11.9 Å². The summed E-state index contributed by atoms with van der Waals surface area (Å²) in [5, 5.41) is 3.25. The average Bonchev–Trinajstić information content (AvgIpc) is 2.89. The molecule has 1 saturated carbocycles. The molecule has 2 aromatic carbocycles. The van der Waals surface area contributed by atoms with Crippen LogP contribution in [0.15, 0.2) is 41.4 Å². The van der Waals surface area contributed by atoms with E-state index in [9.17, 15) is 14.0 Å². The molecule has 1 aliphatic carbocycles. The Morgan fingerprint density at radius 2 is 1.92 bits per heavy atom. The first-order chi connectivity index (χ1) is 12.0. The van der Waals surface area contributed by atoms with Gasteiger partial charge in [0.1, 0.15) is 5.82 Å². The lowest BCUT2D eigenvalue weighted by atomic mass is 9.92. The number of nitrogens with zero attached hydrogens (tertiary/aromatic N) is 1. The summed E-state index contributed by atoms with van der Waals surface area (Å²) in [6.45, 7) is 0. The molecule has 0 saturated heterocycles. The highest BCUT2D eigenvalue weighted by atomic mass is 35.5. The predicted molar refractivity (Wildman–Crippen MR) is 92.9 cm³/mol. The number of rotatable bonds is 3. The van der Waals surface area contributed by atoms with Crippen molar-refractivity contribution in [3.8, 4) is 0 Å². The van der Waals surface area contributed by atoms with E-state index in [0.717, 1.165) is 19.3 Å². The maximum absolute atomic E-state index is 13.6. The number of amides is 2. The molecule has 4 nitrogen and oxygen atoms in total. The van der Waals surface area contributed by atoms with Crippen LogP contribution < -0.4 is 5.32 Å². The molecule has 126 valence electrons. The third-order valence-electron chi connectivity index (χ3n) is 4.60. The summed E-state index contributed by atoms with van der Waals surface area (Å²) in [4.78, 5) is 28.5. The zero-order valence-electron chi connectivity index (χ0n) is 13.2. The molecule has 25 heavy (non-hydrogen) atoms. The summed E-state index contributed by atoms with van der Waals surface area (Å²) in [6.07, 6.45) is 3.10. The number of carbonyl (C=O) groups excluding carboxylic acids is 2. The van der Waals surface area contributed by atoms with E-state index in [4.69, 9.17) is 11.6 Å². The molecule has 0 bridgehead atoms. The van der Waals surface area contributed by atoms with E-state index in [2.05, 4.69) is 10.3 Å². The Labute approximate surface area is 148 Å². The molecular weight excluding hydrogens is 343 g/mol. The van der Waals surface area contributed by atoms with Crippen molar-refractivity contribution < 1.29 is 14.0 Å². The Balaban J connectivity index is 1.68. The number of fused-ring (bicyclic) bond motifs is 1. The third-order valence-corrected chi connectivity index (χ3v) is 4.93. The lowest BCUT2D eigenvalue weighted by Gasteiger charge is -2.26. The summed E-state index contributed by atoms with van der Waals surface area (Å²) in [7, 11) is 0. The summed E-state index contributed by atoms with van der Waals surface area (Å²) < 4.78 is 13.6. The smallest absolute Gasteiger partial charge is 0.278 e. The van der Waals surface area contributed by atoms with Crippen LogP contribution in [0.5, 0.6) is 0 Å². The Morgan fingerprint density at radius 3 is 2.64 bits per heavy atom. The van der Waals surface area contributed by atoms with E-state index in [1.807, 2.05) is 0 Å². The van der Waals surface area contributed by atoms with Gasteiger partial charge in [0.25, 0.3) is 11.8 Å². The molecule has 0 radical (unpaired) electrons. The van der Waals surface area contributed by atoms with E-state index >= 15 is 0 Å². The highest BCUT2D eigenvalue weighted by Gasteiger charge is 2.28.